The van der Waals surface area contributed by atoms with E-state index in [1.54, 1.807) is 11.7 Å². The molecule has 210 valence electrons. The molecule has 2 aliphatic heterocycles. The number of nitrogens with zero attached hydrogens (tertiary/aromatic N) is 5. The second-order valence-electron chi connectivity index (χ2n) is 12.2. The summed E-state index contributed by atoms with van der Waals surface area (Å²) in [5, 5.41) is 8.53. The third-order valence-electron chi connectivity index (χ3n) is 9.66. The van der Waals surface area contributed by atoms with Crippen molar-refractivity contribution < 1.29 is 18.7 Å². The first-order valence-corrected chi connectivity index (χ1v) is 14.6. The van der Waals surface area contributed by atoms with Gasteiger partial charge in [-0.25, -0.2) is 4.39 Å². The predicted molar refractivity (Wildman–Crippen MR) is 144 cm³/mol. The summed E-state index contributed by atoms with van der Waals surface area (Å²) < 4.78 is 23.4. The van der Waals surface area contributed by atoms with Crippen molar-refractivity contribution in [1.82, 2.24) is 24.8 Å². The number of hydrogen-bond donors (Lipinski definition) is 0. The fraction of sp³-hybridized carbons (Fsp3) is 0.655. The van der Waals surface area contributed by atoms with Crippen molar-refractivity contribution in [1.29, 1.82) is 0 Å². The second kappa shape index (κ2) is 10.1. The van der Waals surface area contributed by atoms with Crippen LogP contribution in [-0.2, 0) is 29.7 Å². The minimum absolute atomic E-state index is 0.0384. The lowest BCUT2D eigenvalue weighted by atomic mass is 9.78. The minimum atomic E-state index is -0.572. The zero-order valence-electron chi connectivity index (χ0n) is 23.0. The third kappa shape index (κ3) is 4.81. The topological polar surface area (TPSA) is 80.6 Å². The summed E-state index contributed by atoms with van der Waals surface area (Å²) in [6.45, 7) is 5.58. The number of fused-ring (bicyclic) bond motifs is 1. The van der Waals surface area contributed by atoms with Crippen LogP contribution in [0.3, 0.4) is 0 Å². The van der Waals surface area contributed by atoms with E-state index in [0.29, 0.717) is 54.7 Å². The van der Waals surface area contributed by atoms with E-state index in [2.05, 4.69) is 17.2 Å². The maximum absolute atomic E-state index is 15.7. The molecule has 2 aliphatic carbocycles. The van der Waals surface area contributed by atoms with E-state index in [0.717, 1.165) is 49.8 Å². The molecule has 2 saturated carbocycles. The third-order valence-corrected chi connectivity index (χ3v) is 10.0. The summed E-state index contributed by atoms with van der Waals surface area (Å²) in [4.78, 5) is 31.0. The van der Waals surface area contributed by atoms with Gasteiger partial charge in [0.15, 0.2) is 11.6 Å². The van der Waals surface area contributed by atoms with E-state index in [1.807, 2.05) is 16.7 Å². The molecule has 2 aromatic rings. The van der Waals surface area contributed by atoms with Crippen LogP contribution in [-0.4, -0.2) is 56.2 Å². The quantitative estimate of drug-likeness (QED) is 0.511. The molecule has 0 bridgehead atoms. The van der Waals surface area contributed by atoms with Gasteiger partial charge in [0.05, 0.1) is 11.7 Å². The van der Waals surface area contributed by atoms with Crippen molar-refractivity contribution in [3.05, 3.63) is 39.4 Å². The summed E-state index contributed by atoms with van der Waals surface area (Å²) >= 11 is 6.63. The van der Waals surface area contributed by atoms with Crippen molar-refractivity contribution in [2.24, 2.45) is 24.3 Å². The number of aryl methyl sites for hydroxylation is 1. The zero-order valence-corrected chi connectivity index (χ0v) is 23.8. The summed E-state index contributed by atoms with van der Waals surface area (Å²) in [7, 11) is 1.79. The van der Waals surface area contributed by atoms with Gasteiger partial charge in [0, 0.05) is 49.6 Å². The predicted octanol–water partition coefficient (Wildman–Crippen LogP) is 4.76. The maximum Gasteiger partial charge on any atom is 0.226 e. The van der Waals surface area contributed by atoms with Gasteiger partial charge < -0.3 is 14.5 Å². The van der Waals surface area contributed by atoms with Crippen LogP contribution in [0.5, 0.6) is 5.75 Å². The highest BCUT2D eigenvalue weighted by Crippen LogP contribution is 2.54. The number of benzene rings is 1. The Hall–Kier alpha value is -2.68. The number of carbonyl (C=O) groups is 2. The normalized spacial score (nSPS) is 25.8. The van der Waals surface area contributed by atoms with Crippen molar-refractivity contribution in [3.63, 3.8) is 0 Å². The number of likely N-dealkylation sites (tertiary alicyclic amines) is 1. The zero-order chi connectivity index (χ0) is 27.5. The minimum Gasteiger partial charge on any atom is -0.484 e. The summed E-state index contributed by atoms with van der Waals surface area (Å²) in [6.07, 6.45) is 7.26. The molecule has 2 amide bonds. The Bertz CT molecular complexity index is 1310. The average Bonchev–Trinajstić information content (AvgIpc) is 3.49. The number of halogens is 2. The lowest BCUT2D eigenvalue weighted by molar-refractivity contribution is -0.143. The smallest absolute Gasteiger partial charge is 0.226 e. The highest BCUT2D eigenvalue weighted by Gasteiger charge is 2.52. The number of carbonyl (C=O) groups excluding carboxylic acids is 2. The number of rotatable bonds is 6. The first-order chi connectivity index (χ1) is 18.7. The Morgan fingerprint density at radius 3 is 2.72 bits per heavy atom. The van der Waals surface area contributed by atoms with Crippen molar-refractivity contribution in [2.45, 2.75) is 77.9 Å². The molecule has 1 aromatic carbocycles. The van der Waals surface area contributed by atoms with Gasteiger partial charge in [0.1, 0.15) is 12.3 Å². The SMILES string of the molecule is Cc1c(COc2c(F)cc(Cl)c3c2[C@@H](CN2CC4(CC4)CC2=O)N(C(=O)[C@@H]2CCCC[C@@H]2C)CC3)nnn1C. The number of amides is 2. The number of aromatic nitrogens is 3. The standard InChI is InChI=1S/C29H37ClFN5O3/c1-17-6-4-5-7-19(17)28(38)36-11-8-20-21(30)12-22(31)27(39-15-23-18(2)34(3)33-32-23)26(20)24(36)14-35-16-29(9-10-29)13-25(35)37/h12,17,19,24H,4-11,13-16H2,1-3H3/t17-,19+,24+/m0/s1. The monoisotopic (exact) mass is 557 g/mol. The van der Waals surface area contributed by atoms with Crippen LogP contribution in [0.25, 0.3) is 0 Å². The first-order valence-electron chi connectivity index (χ1n) is 14.2. The Morgan fingerprint density at radius 1 is 1.28 bits per heavy atom. The van der Waals surface area contributed by atoms with Gasteiger partial charge in [-0.15, -0.1) is 5.10 Å². The van der Waals surface area contributed by atoms with Gasteiger partial charge in [-0.1, -0.05) is 36.6 Å². The fourth-order valence-corrected chi connectivity index (χ4v) is 7.19. The number of ether oxygens (including phenoxy) is 1. The van der Waals surface area contributed by atoms with E-state index in [4.69, 9.17) is 16.3 Å². The molecule has 3 heterocycles. The van der Waals surface area contributed by atoms with Gasteiger partial charge in [0.25, 0.3) is 0 Å². The van der Waals surface area contributed by atoms with Crippen LogP contribution in [0.4, 0.5) is 4.39 Å². The molecule has 3 atom stereocenters. The van der Waals surface area contributed by atoms with E-state index in [1.165, 1.54) is 6.07 Å². The molecule has 4 aliphatic rings. The highest BCUT2D eigenvalue weighted by molar-refractivity contribution is 6.31. The summed E-state index contributed by atoms with van der Waals surface area (Å²) in [6, 6.07) is 0.774. The average molecular weight is 558 g/mol. The fourth-order valence-electron chi connectivity index (χ4n) is 6.89. The van der Waals surface area contributed by atoms with Crippen molar-refractivity contribution >= 4 is 23.4 Å². The maximum atomic E-state index is 15.7. The molecule has 0 N–H and O–H groups in total. The second-order valence-corrected chi connectivity index (χ2v) is 12.6. The van der Waals surface area contributed by atoms with Gasteiger partial charge in [-0.3, -0.25) is 14.3 Å². The summed E-state index contributed by atoms with van der Waals surface area (Å²) in [5.41, 5.74) is 2.91. The van der Waals surface area contributed by atoms with E-state index >= 15 is 4.39 Å². The Morgan fingerprint density at radius 2 is 2.05 bits per heavy atom. The van der Waals surface area contributed by atoms with E-state index in [9.17, 15) is 9.59 Å². The number of hydrogen-bond acceptors (Lipinski definition) is 5. The lowest BCUT2D eigenvalue weighted by Gasteiger charge is -2.43. The molecular weight excluding hydrogens is 521 g/mol. The molecule has 10 heteroatoms. The molecule has 1 aromatic heterocycles. The van der Waals surface area contributed by atoms with Gasteiger partial charge in [-0.05, 0) is 62.0 Å². The lowest BCUT2D eigenvalue weighted by Crippen LogP contribution is -2.49. The molecule has 39 heavy (non-hydrogen) atoms. The molecule has 0 unspecified atom stereocenters. The molecular formula is C29H37ClFN5O3. The molecule has 3 fully saturated rings. The van der Waals surface area contributed by atoms with Crippen LogP contribution >= 0.6 is 11.6 Å². The van der Waals surface area contributed by atoms with Gasteiger partial charge in [-0.2, -0.15) is 0 Å². The summed E-state index contributed by atoms with van der Waals surface area (Å²) in [5.74, 6) is -0.0474. The molecule has 0 radical (unpaired) electrons. The Kier molecular flexibility index (Phi) is 6.84. The Balaban J connectivity index is 1.39. The molecule has 1 spiro atoms. The van der Waals surface area contributed by atoms with E-state index < -0.39 is 11.9 Å². The van der Waals surface area contributed by atoms with Crippen LogP contribution in [0.1, 0.15) is 80.4 Å². The van der Waals surface area contributed by atoms with Crippen molar-refractivity contribution in [3.8, 4) is 5.75 Å². The molecule has 8 nitrogen and oxygen atoms in total. The van der Waals surface area contributed by atoms with Crippen LogP contribution < -0.4 is 4.74 Å². The van der Waals surface area contributed by atoms with Crippen LogP contribution in [0.2, 0.25) is 5.02 Å². The largest absolute Gasteiger partial charge is 0.484 e. The van der Waals surface area contributed by atoms with Crippen LogP contribution in [0.15, 0.2) is 6.07 Å². The first kappa shape index (κ1) is 26.5. The van der Waals surface area contributed by atoms with Gasteiger partial charge in [0.2, 0.25) is 11.8 Å². The molecule has 1 saturated heterocycles. The van der Waals surface area contributed by atoms with E-state index in [-0.39, 0.29) is 35.5 Å². The van der Waals surface area contributed by atoms with Gasteiger partial charge >= 0.3 is 0 Å². The Labute approximate surface area is 233 Å². The van der Waals surface area contributed by atoms with Crippen LogP contribution in [0, 0.1) is 30.0 Å². The molecule has 6 rings (SSSR count). The van der Waals surface area contributed by atoms with Crippen molar-refractivity contribution in [2.75, 3.05) is 19.6 Å². The highest BCUT2D eigenvalue weighted by atomic mass is 35.5.